The van der Waals surface area contributed by atoms with Gasteiger partial charge in [-0.1, -0.05) is 12.1 Å². The molecular formula is C13H21NOS. The van der Waals surface area contributed by atoms with E-state index < -0.39 is 0 Å². The minimum Gasteiger partial charge on any atom is -0.494 e. The Balaban J connectivity index is 2.65. The van der Waals surface area contributed by atoms with E-state index in [4.69, 9.17) is 4.74 Å². The van der Waals surface area contributed by atoms with Crippen LogP contribution in [0.3, 0.4) is 0 Å². The first-order chi connectivity index (χ1) is 7.67. The van der Waals surface area contributed by atoms with Gasteiger partial charge in [0.2, 0.25) is 0 Å². The molecule has 0 aromatic heterocycles. The van der Waals surface area contributed by atoms with Gasteiger partial charge in [-0.3, -0.25) is 0 Å². The molecule has 3 heteroatoms. The Kier molecular flexibility index (Phi) is 5.71. The third-order valence-corrected chi connectivity index (χ3v) is 2.67. The first-order valence-corrected chi connectivity index (χ1v) is 6.32. The molecule has 0 heterocycles. The summed E-state index contributed by atoms with van der Waals surface area (Å²) >= 11 is 4.23. The molecule has 0 saturated carbocycles. The Morgan fingerprint density at radius 1 is 1.38 bits per heavy atom. The van der Waals surface area contributed by atoms with Crippen LogP contribution < -0.4 is 4.74 Å². The lowest BCUT2D eigenvalue weighted by molar-refractivity contribution is 0.335. The molecule has 1 rings (SSSR count). The number of hydrogen-bond donors (Lipinski definition) is 1. The van der Waals surface area contributed by atoms with Gasteiger partial charge in [-0.2, -0.15) is 12.6 Å². The van der Waals surface area contributed by atoms with Crippen molar-refractivity contribution in [2.75, 3.05) is 26.0 Å². The van der Waals surface area contributed by atoms with Crippen LogP contribution in [0.5, 0.6) is 5.75 Å². The van der Waals surface area contributed by atoms with E-state index in [-0.39, 0.29) is 0 Å². The van der Waals surface area contributed by atoms with Crippen LogP contribution in [0.15, 0.2) is 18.2 Å². The molecule has 0 aliphatic rings. The predicted octanol–water partition coefficient (Wildman–Crippen LogP) is 2.76. The number of hydrogen-bond acceptors (Lipinski definition) is 3. The van der Waals surface area contributed by atoms with Crippen molar-refractivity contribution in [1.29, 1.82) is 0 Å². The van der Waals surface area contributed by atoms with Gasteiger partial charge in [0.25, 0.3) is 0 Å². The maximum Gasteiger partial charge on any atom is 0.122 e. The van der Waals surface area contributed by atoms with Crippen molar-refractivity contribution in [3.63, 3.8) is 0 Å². The van der Waals surface area contributed by atoms with Gasteiger partial charge in [-0.05, 0) is 38.1 Å². The maximum absolute atomic E-state index is 5.52. The molecule has 0 aliphatic heterocycles. The molecule has 0 spiro atoms. The Morgan fingerprint density at radius 2 is 2.12 bits per heavy atom. The zero-order valence-electron chi connectivity index (χ0n) is 10.4. The number of aryl methyl sites for hydroxylation is 1. The van der Waals surface area contributed by atoms with Crippen LogP contribution in [0, 0.1) is 6.92 Å². The molecule has 0 radical (unpaired) electrons. The van der Waals surface area contributed by atoms with E-state index in [0.29, 0.717) is 0 Å². The van der Waals surface area contributed by atoms with Crippen molar-refractivity contribution in [2.24, 2.45) is 0 Å². The highest BCUT2D eigenvalue weighted by Gasteiger charge is 2.03. The fourth-order valence-electron chi connectivity index (χ4n) is 1.69. The Hall–Kier alpha value is -0.670. The molecule has 0 bridgehead atoms. The Morgan fingerprint density at radius 3 is 2.69 bits per heavy atom. The van der Waals surface area contributed by atoms with Gasteiger partial charge in [-0.25, -0.2) is 0 Å². The van der Waals surface area contributed by atoms with E-state index >= 15 is 0 Å². The highest BCUT2D eigenvalue weighted by molar-refractivity contribution is 7.80. The number of thiol groups is 1. The predicted molar refractivity (Wildman–Crippen MR) is 72.5 cm³/mol. The zero-order chi connectivity index (χ0) is 12.0. The lowest BCUT2D eigenvalue weighted by Gasteiger charge is -2.16. The summed E-state index contributed by atoms with van der Waals surface area (Å²) < 4.78 is 5.52. The van der Waals surface area contributed by atoms with E-state index in [1.807, 2.05) is 6.92 Å². The summed E-state index contributed by atoms with van der Waals surface area (Å²) in [5.74, 6) is 1.88. The largest absolute Gasteiger partial charge is 0.494 e. The molecule has 0 atom stereocenters. The highest BCUT2D eigenvalue weighted by atomic mass is 32.1. The van der Waals surface area contributed by atoms with Gasteiger partial charge >= 0.3 is 0 Å². The molecule has 0 fully saturated rings. The van der Waals surface area contributed by atoms with Crippen LogP contribution in [0.4, 0.5) is 0 Å². The van der Waals surface area contributed by atoms with Crippen LogP contribution in [0.25, 0.3) is 0 Å². The molecule has 1 aromatic rings. The standard InChI is InChI=1S/C13H21NOS/c1-4-15-13-6-5-12(9-11(13)2)10-14(3)7-8-16/h5-6,9,16H,4,7-8,10H2,1-3H3. The average molecular weight is 239 g/mol. The second kappa shape index (κ2) is 6.81. The van der Waals surface area contributed by atoms with E-state index in [1.165, 1.54) is 11.1 Å². The summed E-state index contributed by atoms with van der Waals surface area (Å²) in [5, 5.41) is 0. The number of benzene rings is 1. The van der Waals surface area contributed by atoms with Crippen molar-refractivity contribution in [2.45, 2.75) is 20.4 Å². The summed E-state index contributed by atoms with van der Waals surface area (Å²) in [7, 11) is 2.11. The Bertz CT molecular complexity index is 328. The minimum absolute atomic E-state index is 0.722. The molecule has 0 amide bonds. The highest BCUT2D eigenvalue weighted by Crippen LogP contribution is 2.19. The lowest BCUT2D eigenvalue weighted by atomic mass is 10.1. The fraction of sp³-hybridized carbons (Fsp3) is 0.538. The smallest absolute Gasteiger partial charge is 0.122 e. The van der Waals surface area contributed by atoms with Crippen molar-refractivity contribution in [1.82, 2.24) is 4.90 Å². The molecule has 0 unspecified atom stereocenters. The lowest BCUT2D eigenvalue weighted by Crippen LogP contribution is -2.20. The van der Waals surface area contributed by atoms with E-state index in [9.17, 15) is 0 Å². The Labute approximate surface area is 104 Å². The zero-order valence-corrected chi connectivity index (χ0v) is 11.3. The maximum atomic E-state index is 5.52. The van der Waals surface area contributed by atoms with E-state index in [2.05, 4.69) is 49.7 Å². The first-order valence-electron chi connectivity index (χ1n) is 5.69. The topological polar surface area (TPSA) is 12.5 Å². The SMILES string of the molecule is CCOc1ccc(CN(C)CCS)cc1C. The quantitative estimate of drug-likeness (QED) is 0.766. The summed E-state index contributed by atoms with van der Waals surface area (Å²) in [5.41, 5.74) is 2.53. The fourth-order valence-corrected chi connectivity index (χ4v) is 2.03. The second-order valence-corrected chi connectivity index (χ2v) is 4.44. The van der Waals surface area contributed by atoms with Crippen molar-refractivity contribution in [3.05, 3.63) is 29.3 Å². The monoisotopic (exact) mass is 239 g/mol. The summed E-state index contributed by atoms with van der Waals surface area (Å²) in [6.45, 7) is 6.80. The van der Waals surface area contributed by atoms with Gasteiger partial charge in [-0.15, -0.1) is 0 Å². The molecule has 90 valence electrons. The molecule has 2 nitrogen and oxygen atoms in total. The minimum atomic E-state index is 0.722. The van der Waals surface area contributed by atoms with E-state index in [1.54, 1.807) is 0 Å². The molecule has 0 N–H and O–H groups in total. The van der Waals surface area contributed by atoms with Crippen LogP contribution in [-0.2, 0) is 6.54 Å². The summed E-state index contributed by atoms with van der Waals surface area (Å²) in [4.78, 5) is 2.27. The van der Waals surface area contributed by atoms with Gasteiger partial charge in [0.1, 0.15) is 5.75 Å². The molecular weight excluding hydrogens is 218 g/mol. The van der Waals surface area contributed by atoms with Crippen LogP contribution >= 0.6 is 12.6 Å². The van der Waals surface area contributed by atoms with Crippen LogP contribution in [-0.4, -0.2) is 30.9 Å². The third-order valence-electron chi connectivity index (χ3n) is 2.47. The van der Waals surface area contributed by atoms with Crippen molar-refractivity contribution in [3.8, 4) is 5.75 Å². The molecule has 16 heavy (non-hydrogen) atoms. The number of ether oxygens (including phenoxy) is 1. The normalized spacial score (nSPS) is 10.8. The van der Waals surface area contributed by atoms with Gasteiger partial charge < -0.3 is 9.64 Å². The third kappa shape index (κ3) is 4.06. The van der Waals surface area contributed by atoms with Crippen LogP contribution in [0.1, 0.15) is 18.1 Å². The first kappa shape index (κ1) is 13.4. The van der Waals surface area contributed by atoms with Gasteiger partial charge in [0.05, 0.1) is 6.61 Å². The number of rotatable bonds is 6. The number of nitrogens with zero attached hydrogens (tertiary/aromatic N) is 1. The van der Waals surface area contributed by atoms with Gasteiger partial charge in [0, 0.05) is 18.8 Å². The van der Waals surface area contributed by atoms with Crippen molar-refractivity contribution < 1.29 is 4.74 Å². The van der Waals surface area contributed by atoms with Crippen molar-refractivity contribution >= 4 is 12.6 Å². The summed E-state index contributed by atoms with van der Waals surface area (Å²) in [6.07, 6.45) is 0. The second-order valence-electron chi connectivity index (χ2n) is 3.99. The van der Waals surface area contributed by atoms with Gasteiger partial charge in [0.15, 0.2) is 0 Å². The van der Waals surface area contributed by atoms with E-state index in [0.717, 1.165) is 31.2 Å². The molecule has 0 aliphatic carbocycles. The molecule has 0 saturated heterocycles. The molecule has 1 aromatic carbocycles. The van der Waals surface area contributed by atoms with Crippen LogP contribution in [0.2, 0.25) is 0 Å². The summed E-state index contributed by atoms with van der Waals surface area (Å²) in [6, 6.07) is 6.38. The average Bonchev–Trinajstić information content (AvgIpc) is 2.22.